The van der Waals surface area contributed by atoms with E-state index in [9.17, 15) is 9.59 Å². The Kier molecular flexibility index (Phi) is 7.13. The molecule has 2 aromatic carbocycles. The van der Waals surface area contributed by atoms with Crippen LogP contribution in [0, 0.1) is 0 Å². The third kappa shape index (κ3) is 5.21. The summed E-state index contributed by atoms with van der Waals surface area (Å²) in [4.78, 5) is 26.1. The number of hydrogen-bond acceptors (Lipinski definition) is 5. The van der Waals surface area contributed by atoms with Gasteiger partial charge in [0.2, 0.25) is 17.6 Å². The van der Waals surface area contributed by atoms with Crippen LogP contribution in [0.15, 0.2) is 48.5 Å². The molecule has 2 amide bonds. The molecule has 0 fully saturated rings. The maximum absolute atomic E-state index is 12.6. The second kappa shape index (κ2) is 9.98. The molecule has 0 saturated heterocycles. The van der Waals surface area contributed by atoms with Gasteiger partial charge in [-0.05, 0) is 54.0 Å². The minimum Gasteiger partial charge on any atom is -0.345 e. The lowest BCUT2D eigenvalue weighted by atomic mass is 10.1. The minimum atomic E-state index is -0.672. The summed E-state index contributed by atoms with van der Waals surface area (Å²) in [6.45, 7) is 3.71. The number of aromatic nitrogens is 4. The number of anilines is 1. The van der Waals surface area contributed by atoms with Crippen LogP contribution in [0.3, 0.4) is 0 Å². The van der Waals surface area contributed by atoms with E-state index in [0.29, 0.717) is 17.3 Å². The fourth-order valence-corrected chi connectivity index (χ4v) is 3.08. The van der Waals surface area contributed by atoms with Crippen molar-refractivity contribution in [3.8, 4) is 11.4 Å². The van der Waals surface area contributed by atoms with Crippen LogP contribution < -0.4 is 10.6 Å². The highest BCUT2D eigenvalue weighted by Gasteiger charge is 2.22. The molecule has 0 bridgehead atoms. The molecule has 2 N–H and O–H groups in total. The van der Waals surface area contributed by atoms with Crippen molar-refractivity contribution in [3.05, 3.63) is 59.1 Å². The molecule has 0 aliphatic heterocycles. The number of nitrogens with one attached hydrogen (secondary N) is 2. The lowest BCUT2D eigenvalue weighted by Gasteiger charge is -2.14. The molecule has 30 heavy (non-hydrogen) atoms. The van der Waals surface area contributed by atoms with Gasteiger partial charge < -0.3 is 10.6 Å². The number of carbonyl (C=O) groups excluding carboxylic acids is 2. The number of benzene rings is 2. The summed E-state index contributed by atoms with van der Waals surface area (Å²) in [5, 5.41) is 18.4. The van der Waals surface area contributed by atoms with Gasteiger partial charge in [0.15, 0.2) is 6.04 Å². The summed E-state index contributed by atoms with van der Waals surface area (Å²) in [6, 6.07) is 13.9. The van der Waals surface area contributed by atoms with Crippen molar-refractivity contribution >= 4 is 29.1 Å². The molecule has 0 aliphatic rings. The molecular formula is C21H23ClN6O2. The second-order valence-electron chi connectivity index (χ2n) is 6.64. The number of halogens is 1. The molecule has 1 aromatic heterocycles. The zero-order chi connectivity index (χ0) is 21.5. The third-order valence-corrected chi connectivity index (χ3v) is 4.85. The zero-order valence-electron chi connectivity index (χ0n) is 16.8. The van der Waals surface area contributed by atoms with E-state index >= 15 is 0 Å². The van der Waals surface area contributed by atoms with Crippen molar-refractivity contribution in [1.82, 2.24) is 25.5 Å². The number of rotatable bonds is 8. The van der Waals surface area contributed by atoms with Crippen LogP contribution in [-0.4, -0.2) is 38.6 Å². The van der Waals surface area contributed by atoms with E-state index < -0.39 is 6.04 Å². The molecule has 3 aromatic rings. The Morgan fingerprint density at radius 1 is 1.10 bits per heavy atom. The van der Waals surface area contributed by atoms with Crippen molar-refractivity contribution in [2.75, 3.05) is 11.9 Å². The van der Waals surface area contributed by atoms with Gasteiger partial charge in [-0.1, -0.05) is 43.6 Å². The van der Waals surface area contributed by atoms with Gasteiger partial charge in [-0.2, -0.15) is 4.80 Å². The van der Waals surface area contributed by atoms with E-state index in [1.54, 1.807) is 24.3 Å². The van der Waals surface area contributed by atoms with Crippen molar-refractivity contribution in [2.45, 2.75) is 32.7 Å². The summed E-state index contributed by atoms with van der Waals surface area (Å²) in [5.74, 6) is -0.254. The summed E-state index contributed by atoms with van der Waals surface area (Å²) in [6.07, 6.45) is 1.25. The predicted octanol–water partition coefficient (Wildman–Crippen LogP) is 3.26. The second-order valence-corrected chi connectivity index (χ2v) is 7.08. The van der Waals surface area contributed by atoms with Gasteiger partial charge in [-0.25, -0.2) is 0 Å². The lowest BCUT2D eigenvalue weighted by Crippen LogP contribution is -2.38. The monoisotopic (exact) mass is 426 g/mol. The van der Waals surface area contributed by atoms with E-state index in [2.05, 4.69) is 26.0 Å². The first-order chi connectivity index (χ1) is 14.5. The Morgan fingerprint density at radius 3 is 2.53 bits per heavy atom. The van der Waals surface area contributed by atoms with E-state index in [4.69, 9.17) is 11.6 Å². The quantitative estimate of drug-likeness (QED) is 0.575. The molecule has 0 radical (unpaired) electrons. The van der Waals surface area contributed by atoms with Gasteiger partial charge in [0.05, 0.1) is 6.54 Å². The number of hydrogen-bond donors (Lipinski definition) is 2. The smallest absolute Gasteiger partial charge is 0.247 e. The minimum absolute atomic E-state index is 0.147. The molecule has 0 aliphatic carbocycles. The maximum atomic E-state index is 12.6. The van der Waals surface area contributed by atoms with Gasteiger partial charge in [0.1, 0.15) is 0 Å². The lowest BCUT2D eigenvalue weighted by molar-refractivity contribution is -0.127. The van der Waals surface area contributed by atoms with Crippen LogP contribution in [0.25, 0.3) is 11.4 Å². The first-order valence-electron chi connectivity index (χ1n) is 9.72. The van der Waals surface area contributed by atoms with Crippen LogP contribution in [0.5, 0.6) is 0 Å². The highest BCUT2D eigenvalue weighted by molar-refractivity contribution is 6.30. The Morgan fingerprint density at radius 2 is 1.83 bits per heavy atom. The SMILES string of the molecule is CCc1ccccc1NC(=O)CNC(=O)C(CC)n1nnc(-c2ccc(Cl)cc2)n1. The molecule has 1 unspecified atom stereocenters. The van der Waals surface area contributed by atoms with Crippen LogP contribution in [0.4, 0.5) is 5.69 Å². The van der Waals surface area contributed by atoms with Gasteiger partial charge in [-0.15, -0.1) is 10.2 Å². The summed E-state index contributed by atoms with van der Waals surface area (Å²) >= 11 is 5.90. The van der Waals surface area contributed by atoms with Crippen molar-refractivity contribution in [1.29, 1.82) is 0 Å². The number of tetrazole rings is 1. The van der Waals surface area contributed by atoms with Gasteiger partial charge >= 0.3 is 0 Å². The highest BCUT2D eigenvalue weighted by atomic mass is 35.5. The first kappa shape index (κ1) is 21.4. The van der Waals surface area contributed by atoms with E-state index in [1.807, 2.05) is 38.1 Å². The molecule has 9 heteroatoms. The van der Waals surface area contributed by atoms with Crippen LogP contribution >= 0.6 is 11.6 Å². The molecule has 0 spiro atoms. The van der Waals surface area contributed by atoms with Gasteiger partial charge in [-0.3, -0.25) is 9.59 Å². The molecule has 8 nitrogen and oxygen atoms in total. The largest absolute Gasteiger partial charge is 0.345 e. The Labute approximate surface area is 179 Å². The predicted molar refractivity (Wildman–Crippen MR) is 115 cm³/mol. The molecule has 1 heterocycles. The Balaban J connectivity index is 1.61. The third-order valence-electron chi connectivity index (χ3n) is 4.59. The summed E-state index contributed by atoms with van der Waals surface area (Å²) in [7, 11) is 0. The highest BCUT2D eigenvalue weighted by Crippen LogP contribution is 2.19. The average Bonchev–Trinajstić information content (AvgIpc) is 3.23. The van der Waals surface area contributed by atoms with E-state index in [-0.39, 0.29) is 18.4 Å². The fourth-order valence-electron chi connectivity index (χ4n) is 2.96. The molecule has 3 rings (SSSR count). The van der Waals surface area contributed by atoms with Gasteiger partial charge in [0.25, 0.3) is 0 Å². The Hall–Kier alpha value is -3.26. The van der Waals surface area contributed by atoms with Crippen LogP contribution in [0.2, 0.25) is 5.02 Å². The molecular weight excluding hydrogens is 404 g/mol. The number of aryl methyl sites for hydroxylation is 1. The molecule has 1 atom stereocenters. The van der Waals surface area contributed by atoms with Crippen LogP contribution in [-0.2, 0) is 16.0 Å². The number of para-hydroxylation sites is 1. The number of nitrogens with zero attached hydrogens (tertiary/aromatic N) is 4. The standard InChI is InChI=1S/C21H23ClN6O2/c1-3-14-7-5-6-8-17(14)24-19(29)13-23-21(30)18(4-2)28-26-20(25-27-28)15-9-11-16(22)12-10-15/h5-12,18H,3-4,13H2,1-2H3,(H,23,30)(H,24,29). The number of amides is 2. The topological polar surface area (TPSA) is 102 Å². The average molecular weight is 427 g/mol. The maximum Gasteiger partial charge on any atom is 0.247 e. The summed E-state index contributed by atoms with van der Waals surface area (Å²) < 4.78 is 0. The van der Waals surface area contributed by atoms with Crippen molar-refractivity contribution in [3.63, 3.8) is 0 Å². The van der Waals surface area contributed by atoms with Crippen LogP contribution in [0.1, 0.15) is 31.9 Å². The van der Waals surface area contributed by atoms with Gasteiger partial charge in [0, 0.05) is 16.3 Å². The Bertz CT molecular complexity index is 1020. The molecule has 0 saturated carbocycles. The zero-order valence-corrected chi connectivity index (χ0v) is 17.6. The normalized spacial score (nSPS) is 11.7. The summed E-state index contributed by atoms with van der Waals surface area (Å²) in [5.41, 5.74) is 2.52. The van der Waals surface area contributed by atoms with E-state index in [1.165, 1.54) is 4.80 Å². The van der Waals surface area contributed by atoms with Crippen molar-refractivity contribution < 1.29 is 9.59 Å². The van der Waals surface area contributed by atoms with E-state index in [0.717, 1.165) is 23.2 Å². The number of carbonyl (C=O) groups is 2. The first-order valence-corrected chi connectivity index (χ1v) is 10.1. The fraction of sp³-hybridized carbons (Fsp3) is 0.286. The van der Waals surface area contributed by atoms with Crippen molar-refractivity contribution in [2.24, 2.45) is 0 Å². The molecule has 156 valence electrons.